The molecule has 6 nitrogen and oxygen atoms in total. The Morgan fingerprint density at radius 2 is 2.09 bits per heavy atom. The summed E-state index contributed by atoms with van der Waals surface area (Å²) in [4.78, 5) is 14.8. The number of carbonyl (C=O) groups is 1. The number of aromatic nitrogens is 3. The molecule has 0 aromatic carbocycles. The molecule has 2 aliphatic carbocycles. The number of urea groups is 1. The molecule has 0 unspecified atom stereocenters. The number of rotatable bonds is 6. The highest BCUT2D eigenvalue weighted by Crippen LogP contribution is 2.32. The van der Waals surface area contributed by atoms with Crippen LogP contribution in [0.1, 0.15) is 57.7 Å². The van der Waals surface area contributed by atoms with Crippen LogP contribution in [0.25, 0.3) is 0 Å². The molecular weight excluding hydrogens is 278 g/mol. The molecule has 2 fully saturated rings. The van der Waals surface area contributed by atoms with E-state index in [1.807, 2.05) is 4.57 Å². The van der Waals surface area contributed by atoms with Gasteiger partial charge >= 0.3 is 6.03 Å². The van der Waals surface area contributed by atoms with E-state index in [2.05, 4.69) is 27.3 Å². The minimum absolute atomic E-state index is 0.0736. The maximum atomic E-state index is 12.7. The number of aryl methyl sites for hydroxylation is 1. The molecular formula is C16H27N5O. The number of hydrogen-bond acceptors (Lipinski definition) is 3. The van der Waals surface area contributed by atoms with Gasteiger partial charge in [0.15, 0.2) is 5.82 Å². The zero-order valence-electron chi connectivity index (χ0n) is 13.5. The van der Waals surface area contributed by atoms with Crippen molar-refractivity contribution in [1.29, 1.82) is 0 Å². The largest absolute Gasteiger partial charge is 0.331 e. The van der Waals surface area contributed by atoms with Crippen LogP contribution in [0.4, 0.5) is 4.79 Å². The predicted molar refractivity (Wildman–Crippen MR) is 84.2 cm³/mol. The van der Waals surface area contributed by atoms with Crippen LogP contribution in [0.5, 0.6) is 0 Å². The zero-order chi connectivity index (χ0) is 15.4. The fraction of sp³-hybridized carbons (Fsp3) is 0.812. The molecule has 0 saturated heterocycles. The van der Waals surface area contributed by atoms with Gasteiger partial charge in [-0.25, -0.2) is 4.79 Å². The normalized spacial score (nSPS) is 19.1. The molecule has 0 bridgehead atoms. The molecule has 0 spiro atoms. The lowest BCUT2D eigenvalue weighted by atomic mass is 9.94. The molecule has 122 valence electrons. The van der Waals surface area contributed by atoms with Crippen molar-refractivity contribution in [2.45, 2.75) is 71.0 Å². The van der Waals surface area contributed by atoms with Gasteiger partial charge in [0.25, 0.3) is 0 Å². The van der Waals surface area contributed by atoms with Crippen LogP contribution in [0.3, 0.4) is 0 Å². The molecule has 6 heteroatoms. The average molecular weight is 305 g/mol. The van der Waals surface area contributed by atoms with Crippen LogP contribution >= 0.6 is 0 Å². The highest BCUT2D eigenvalue weighted by atomic mass is 16.2. The molecule has 1 heterocycles. The van der Waals surface area contributed by atoms with Crippen molar-refractivity contribution in [3.8, 4) is 0 Å². The second kappa shape index (κ2) is 7.11. The van der Waals surface area contributed by atoms with Crippen molar-refractivity contribution in [3.05, 3.63) is 12.2 Å². The summed E-state index contributed by atoms with van der Waals surface area (Å²) in [7, 11) is 0. The maximum Gasteiger partial charge on any atom is 0.318 e. The smallest absolute Gasteiger partial charge is 0.318 e. The SMILES string of the molecule is CCn1cnnc1CNC(=O)N(CC1CC1)C1CCCCC1. The van der Waals surface area contributed by atoms with Gasteiger partial charge in [0.05, 0.1) is 6.54 Å². The van der Waals surface area contributed by atoms with E-state index in [0.29, 0.717) is 12.6 Å². The van der Waals surface area contributed by atoms with Gasteiger partial charge in [-0.15, -0.1) is 10.2 Å². The first-order valence-corrected chi connectivity index (χ1v) is 8.69. The summed E-state index contributed by atoms with van der Waals surface area (Å²) in [6.45, 7) is 4.26. The van der Waals surface area contributed by atoms with Crippen LogP contribution < -0.4 is 5.32 Å². The number of hydrogen-bond donors (Lipinski definition) is 1. The summed E-state index contributed by atoms with van der Waals surface area (Å²) in [5, 5.41) is 11.0. The quantitative estimate of drug-likeness (QED) is 0.878. The Morgan fingerprint density at radius 1 is 1.32 bits per heavy atom. The van der Waals surface area contributed by atoms with E-state index in [-0.39, 0.29) is 6.03 Å². The minimum Gasteiger partial charge on any atom is -0.331 e. The molecule has 2 saturated carbocycles. The second-order valence-corrected chi connectivity index (χ2v) is 6.58. The Bertz CT molecular complexity index is 490. The predicted octanol–water partition coefficient (Wildman–Crippen LogP) is 2.55. The van der Waals surface area contributed by atoms with E-state index in [4.69, 9.17) is 0 Å². The lowest BCUT2D eigenvalue weighted by Gasteiger charge is -2.34. The Kier molecular flexibility index (Phi) is 4.95. The molecule has 2 amide bonds. The standard InChI is InChI=1S/C16H27N5O/c1-2-20-12-18-19-15(20)10-17-16(22)21(11-13-8-9-13)14-6-4-3-5-7-14/h12-14H,2-11H2,1H3,(H,17,22). The van der Waals surface area contributed by atoms with Crippen LogP contribution in [-0.4, -0.2) is 38.3 Å². The van der Waals surface area contributed by atoms with Crippen molar-refractivity contribution in [3.63, 3.8) is 0 Å². The van der Waals surface area contributed by atoms with Gasteiger partial charge in [0.2, 0.25) is 0 Å². The monoisotopic (exact) mass is 305 g/mol. The van der Waals surface area contributed by atoms with Crippen LogP contribution in [0.2, 0.25) is 0 Å². The van der Waals surface area contributed by atoms with Gasteiger partial charge in [-0.2, -0.15) is 0 Å². The van der Waals surface area contributed by atoms with Crippen molar-refractivity contribution >= 4 is 6.03 Å². The molecule has 2 aliphatic rings. The number of nitrogens with one attached hydrogen (secondary N) is 1. The highest BCUT2D eigenvalue weighted by Gasteiger charge is 2.31. The van der Waals surface area contributed by atoms with Gasteiger partial charge in [-0.05, 0) is 38.5 Å². The Balaban J connectivity index is 1.58. The van der Waals surface area contributed by atoms with Gasteiger partial charge in [0.1, 0.15) is 6.33 Å². The Labute approximate surface area is 132 Å². The summed E-state index contributed by atoms with van der Waals surface area (Å²) in [5.41, 5.74) is 0. The summed E-state index contributed by atoms with van der Waals surface area (Å²) in [6.07, 6.45) is 10.4. The van der Waals surface area contributed by atoms with Crippen LogP contribution in [0.15, 0.2) is 6.33 Å². The van der Waals surface area contributed by atoms with E-state index >= 15 is 0 Å². The van der Waals surface area contributed by atoms with E-state index in [0.717, 1.165) is 37.7 Å². The fourth-order valence-corrected chi connectivity index (χ4v) is 3.31. The van der Waals surface area contributed by atoms with Crippen LogP contribution in [-0.2, 0) is 13.1 Å². The Morgan fingerprint density at radius 3 is 2.77 bits per heavy atom. The van der Waals surface area contributed by atoms with Gasteiger partial charge in [0, 0.05) is 19.1 Å². The van der Waals surface area contributed by atoms with E-state index in [1.54, 1.807) is 6.33 Å². The van der Waals surface area contributed by atoms with Crippen molar-refractivity contribution < 1.29 is 4.79 Å². The minimum atomic E-state index is 0.0736. The van der Waals surface area contributed by atoms with Gasteiger partial charge < -0.3 is 14.8 Å². The first-order valence-electron chi connectivity index (χ1n) is 8.69. The third-order valence-corrected chi connectivity index (χ3v) is 4.86. The average Bonchev–Trinajstić information content (AvgIpc) is 3.26. The van der Waals surface area contributed by atoms with E-state index < -0.39 is 0 Å². The van der Waals surface area contributed by atoms with Crippen molar-refractivity contribution in [2.24, 2.45) is 5.92 Å². The lowest BCUT2D eigenvalue weighted by molar-refractivity contribution is 0.151. The molecule has 0 atom stereocenters. The molecule has 3 rings (SSSR count). The maximum absolute atomic E-state index is 12.7. The third kappa shape index (κ3) is 3.78. The summed E-state index contributed by atoms with van der Waals surface area (Å²) >= 11 is 0. The summed E-state index contributed by atoms with van der Waals surface area (Å²) in [5.74, 6) is 1.55. The van der Waals surface area contributed by atoms with Gasteiger partial charge in [-0.3, -0.25) is 0 Å². The first kappa shape index (κ1) is 15.3. The van der Waals surface area contributed by atoms with Crippen LogP contribution in [0, 0.1) is 5.92 Å². The lowest BCUT2D eigenvalue weighted by Crippen LogP contribution is -2.47. The van der Waals surface area contributed by atoms with Crippen molar-refractivity contribution in [1.82, 2.24) is 25.0 Å². The first-order chi connectivity index (χ1) is 10.8. The fourth-order valence-electron chi connectivity index (χ4n) is 3.31. The van der Waals surface area contributed by atoms with Crippen molar-refractivity contribution in [2.75, 3.05) is 6.54 Å². The van der Waals surface area contributed by atoms with E-state index in [1.165, 1.54) is 32.1 Å². The highest BCUT2D eigenvalue weighted by molar-refractivity contribution is 5.74. The molecule has 1 aromatic heterocycles. The summed E-state index contributed by atoms with van der Waals surface area (Å²) in [6, 6.07) is 0.503. The number of carbonyl (C=O) groups excluding carboxylic acids is 1. The van der Waals surface area contributed by atoms with Gasteiger partial charge in [-0.1, -0.05) is 19.3 Å². The molecule has 0 radical (unpaired) electrons. The van der Waals surface area contributed by atoms with E-state index in [9.17, 15) is 4.79 Å². The molecule has 1 aromatic rings. The zero-order valence-corrected chi connectivity index (χ0v) is 13.5. The number of amides is 2. The third-order valence-electron chi connectivity index (χ3n) is 4.86. The summed E-state index contributed by atoms with van der Waals surface area (Å²) < 4.78 is 1.96. The second-order valence-electron chi connectivity index (χ2n) is 6.58. The number of nitrogens with zero attached hydrogens (tertiary/aromatic N) is 4. The Hall–Kier alpha value is -1.59. The molecule has 22 heavy (non-hydrogen) atoms. The molecule has 1 N–H and O–H groups in total. The topological polar surface area (TPSA) is 63.1 Å². The molecule has 0 aliphatic heterocycles.